The van der Waals surface area contributed by atoms with E-state index in [0.29, 0.717) is 106 Å². The maximum Gasteiger partial charge on any atom is 0.0700 e. The fraction of sp³-hybridized carbons (Fsp3) is 1.00. The highest BCUT2D eigenvalue weighted by molar-refractivity contribution is 7.80. The molecule has 0 unspecified atom stereocenters. The van der Waals surface area contributed by atoms with Crippen LogP contribution in [0, 0.1) is 5.41 Å². The van der Waals surface area contributed by atoms with Crippen LogP contribution in [0.5, 0.6) is 0 Å². The van der Waals surface area contributed by atoms with E-state index in [1.54, 1.807) is 0 Å². The molecule has 0 bridgehead atoms. The van der Waals surface area contributed by atoms with Crippen LogP contribution >= 0.6 is 50.5 Å². The molecule has 0 N–H and O–H groups in total. The van der Waals surface area contributed by atoms with E-state index in [1.165, 1.54) is 0 Å². The molecule has 0 heterocycles. The lowest BCUT2D eigenvalue weighted by molar-refractivity contribution is -0.121. The molecule has 0 amide bonds. The first-order valence-electron chi connectivity index (χ1n) is 13.3. The van der Waals surface area contributed by atoms with Crippen molar-refractivity contribution in [2.24, 2.45) is 5.41 Å². The van der Waals surface area contributed by atoms with Gasteiger partial charge in [0.1, 0.15) is 0 Å². The summed E-state index contributed by atoms with van der Waals surface area (Å²) in [6.07, 6.45) is 3.69. The number of hydrogen-bond acceptors (Lipinski definition) is 12. The van der Waals surface area contributed by atoms with Crippen molar-refractivity contribution < 1.29 is 37.9 Å². The fourth-order valence-electron chi connectivity index (χ4n) is 2.95. The van der Waals surface area contributed by atoms with Crippen molar-refractivity contribution in [2.75, 3.05) is 129 Å². The molecule has 37 heavy (non-hydrogen) atoms. The van der Waals surface area contributed by atoms with Crippen molar-refractivity contribution in [2.45, 2.75) is 25.7 Å². The molecular weight excluding hydrogens is 557 g/mol. The lowest BCUT2D eigenvalue weighted by atomic mass is 9.92. The summed E-state index contributed by atoms with van der Waals surface area (Å²) in [4.78, 5) is 0. The Labute approximate surface area is 247 Å². The second-order valence-electron chi connectivity index (χ2n) is 8.47. The maximum atomic E-state index is 6.01. The van der Waals surface area contributed by atoms with Crippen molar-refractivity contribution in [1.82, 2.24) is 0 Å². The fourth-order valence-corrected chi connectivity index (χ4v) is 3.47. The van der Waals surface area contributed by atoms with Crippen LogP contribution in [0.2, 0.25) is 0 Å². The minimum absolute atomic E-state index is 0.421. The van der Waals surface area contributed by atoms with Gasteiger partial charge in [0, 0.05) is 26.4 Å². The molecule has 0 saturated carbocycles. The Morgan fingerprint density at radius 3 is 0.730 bits per heavy atom. The van der Waals surface area contributed by atoms with E-state index < -0.39 is 5.41 Å². The second kappa shape index (κ2) is 31.6. The molecule has 0 spiro atoms. The largest absolute Gasteiger partial charge is 0.379 e. The van der Waals surface area contributed by atoms with E-state index in [-0.39, 0.29) is 0 Å². The Kier molecular flexibility index (Phi) is 32.5. The number of thiol groups is 4. The molecule has 0 radical (unpaired) electrons. The van der Waals surface area contributed by atoms with E-state index in [2.05, 4.69) is 50.5 Å². The highest BCUT2D eigenvalue weighted by Crippen LogP contribution is 2.21. The Morgan fingerprint density at radius 1 is 0.297 bits per heavy atom. The van der Waals surface area contributed by atoms with Crippen LogP contribution in [0.15, 0.2) is 0 Å². The van der Waals surface area contributed by atoms with E-state index in [1.807, 2.05) is 0 Å². The average molecular weight is 609 g/mol. The zero-order chi connectivity index (χ0) is 27.1. The SMILES string of the molecule is SCCCOCCOCC(COCCOCCCS)(COCCOCCCS)COCCOCCCS. The highest BCUT2D eigenvalue weighted by atomic mass is 32.1. The van der Waals surface area contributed by atoms with E-state index >= 15 is 0 Å². The van der Waals surface area contributed by atoms with Gasteiger partial charge in [0.25, 0.3) is 0 Å². The number of rotatable bonds is 32. The van der Waals surface area contributed by atoms with Gasteiger partial charge in [-0.25, -0.2) is 0 Å². The quantitative estimate of drug-likeness (QED) is 0.0685. The average Bonchev–Trinajstić information content (AvgIpc) is 2.91. The zero-order valence-corrected chi connectivity index (χ0v) is 26.1. The third kappa shape index (κ3) is 27.0. The van der Waals surface area contributed by atoms with Gasteiger partial charge < -0.3 is 37.9 Å². The molecule has 0 atom stereocenters. The predicted molar refractivity (Wildman–Crippen MR) is 163 cm³/mol. The second-order valence-corrected chi connectivity index (χ2v) is 10.3. The zero-order valence-electron chi connectivity index (χ0n) is 22.5. The summed E-state index contributed by atoms with van der Waals surface area (Å²) in [7, 11) is 0. The molecule has 0 aromatic heterocycles. The van der Waals surface area contributed by atoms with Crippen LogP contribution in [0.25, 0.3) is 0 Å². The molecule has 8 nitrogen and oxygen atoms in total. The van der Waals surface area contributed by atoms with Crippen LogP contribution in [0.1, 0.15) is 25.7 Å². The van der Waals surface area contributed by atoms with Crippen LogP contribution < -0.4 is 0 Å². The molecule has 0 aromatic rings. The van der Waals surface area contributed by atoms with Crippen molar-refractivity contribution in [3.63, 3.8) is 0 Å². The highest BCUT2D eigenvalue weighted by Gasteiger charge is 2.32. The van der Waals surface area contributed by atoms with Crippen LogP contribution in [-0.4, -0.2) is 129 Å². The minimum Gasteiger partial charge on any atom is -0.379 e. The third-order valence-corrected chi connectivity index (χ3v) is 6.17. The lowest BCUT2D eigenvalue weighted by Crippen LogP contribution is -2.42. The Morgan fingerprint density at radius 2 is 0.514 bits per heavy atom. The van der Waals surface area contributed by atoms with Gasteiger partial charge in [0.15, 0.2) is 0 Å². The van der Waals surface area contributed by atoms with Gasteiger partial charge >= 0.3 is 0 Å². The molecule has 0 aliphatic carbocycles. The molecular formula is C25H52O8S4. The summed E-state index contributed by atoms with van der Waals surface area (Å²) < 4.78 is 46.4. The summed E-state index contributed by atoms with van der Waals surface area (Å²) in [5.41, 5.74) is -0.480. The van der Waals surface area contributed by atoms with Gasteiger partial charge in [-0.2, -0.15) is 50.5 Å². The van der Waals surface area contributed by atoms with Crippen molar-refractivity contribution in [3.05, 3.63) is 0 Å². The van der Waals surface area contributed by atoms with Crippen LogP contribution in [-0.2, 0) is 37.9 Å². The van der Waals surface area contributed by atoms with E-state index in [9.17, 15) is 0 Å². The van der Waals surface area contributed by atoms with E-state index in [0.717, 1.165) is 48.7 Å². The van der Waals surface area contributed by atoms with Gasteiger partial charge in [-0.15, -0.1) is 0 Å². The molecule has 12 heteroatoms. The molecule has 0 aliphatic rings. The van der Waals surface area contributed by atoms with Gasteiger partial charge in [-0.1, -0.05) is 0 Å². The Hall–Kier alpha value is 1.08. The van der Waals surface area contributed by atoms with Gasteiger partial charge in [0.05, 0.1) is 84.7 Å². The molecule has 224 valence electrons. The molecule has 0 fully saturated rings. The van der Waals surface area contributed by atoms with Gasteiger partial charge in [-0.3, -0.25) is 0 Å². The monoisotopic (exact) mass is 608 g/mol. The number of hydrogen-bond donors (Lipinski definition) is 4. The first-order valence-corrected chi connectivity index (χ1v) is 15.8. The van der Waals surface area contributed by atoms with Gasteiger partial charge in [0.2, 0.25) is 0 Å². The summed E-state index contributed by atoms with van der Waals surface area (Å²) in [6.45, 7) is 8.48. The molecule has 0 aliphatic heterocycles. The van der Waals surface area contributed by atoms with Crippen molar-refractivity contribution >= 4 is 50.5 Å². The lowest BCUT2D eigenvalue weighted by Gasteiger charge is -2.33. The Bertz CT molecular complexity index is 364. The summed E-state index contributed by atoms with van der Waals surface area (Å²) in [5, 5.41) is 0. The van der Waals surface area contributed by atoms with E-state index in [4.69, 9.17) is 37.9 Å². The first-order chi connectivity index (χ1) is 18.2. The smallest absolute Gasteiger partial charge is 0.0700 e. The Balaban J connectivity index is 4.78. The number of ether oxygens (including phenoxy) is 8. The topological polar surface area (TPSA) is 73.8 Å². The van der Waals surface area contributed by atoms with Crippen LogP contribution in [0.4, 0.5) is 0 Å². The minimum atomic E-state index is -0.480. The molecule has 0 saturated heterocycles. The summed E-state index contributed by atoms with van der Waals surface area (Å²) in [6, 6.07) is 0. The predicted octanol–water partition coefficient (Wildman–Crippen LogP) is 3.39. The van der Waals surface area contributed by atoms with Gasteiger partial charge in [-0.05, 0) is 48.7 Å². The first kappa shape index (κ1) is 38.1. The maximum absolute atomic E-state index is 6.01. The van der Waals surface area contributed by atoms with Crippen molar-refractivity contribution in [1.29, 1.82) is 0 Å². The third-order valence-electron chi connectivity index (χ3n) is 4.91. The molecule has 0 rings (SSSR count). The summed E-state index contributed by atoms with van der Waals surface area (Å²) in [5.74, 6) is 3.24. The van der Waals surface area contributed by atoms with Crippen LogP contribution in [0.3, 0.4) is 0 Å². The standard InChI is InChI=1S/C25H52O8S4/c34-17-1-5-26-9-13-30-21-25(22-31-14-10-27-6-2-18-35,23-32-15-11-28-7-3-19-36)24-33-16-12-29-8-4-20-37/h34-37H,1-24H2. The van der Waals surface area contributed by atoms with Crippen molar-refractivity contribution in [3.8, 4) is 0 Å². The molecule has 0 aromatic carbocycles. The summed E-state index contributed by atoms with van der Waals surface area (Å²) >= 11 is 16.8. The normalized spacial score (nSPS) is 12.0.